The highest BCUT2D eigenvalue weighted by Crippen LogP contribution is 2.25. The van der Waals surface area contributed by atoms with Gasteiger partial charge in [-0.1, -0.05) is 12.1 Å². The van der Waals surface area contributed by atoms with Gasteiger partial charge in [0.2, 0.25) is 0 Å². The number of nitrogens with zero attached hydrogens (tertiary/aromatic N) is 2. The number of ether oxygens (including phenoxy) is 1. The normalized spacial score (nSPS) is 13.5. The summed E-state index contributed by atoms with van der Waals surface area (Å²) in [5, 5.41) is 4.25. The summed E-state index contributed by atoms with van der Waals surface area (Å²) in [5.41, 5.74) is 1.67. The van der Waals surface area contributed by atoms with Crippen LogP contribution in [0.15, 0.2) is 53.7 Å². The Balaban J connectivity index is 1.80. The number of hydrogen-bond acceptors (Lipinski definition) is 6. The van der Waals surface area contributed by atoms with Crippen molar-refractivity contribution in [3.05, 3.63) is 54.4 Å². The SMILES string of the molecule is CC(C)Nc1ncnc2cc(OCc3cccc(S(C)(=N)=O)c3)ccc12. The number of benzene rings is 2. The fourth-order valence-corrected chi connectivity index (χ4v) is 3.27. The van der Waals surface area contributed by atoms with Crippen molar-refractivity contribution >= 4 is 26.4 Å². The van der Waals surface area contributed by atoms with Crippen molar-refractivity contribution in [3.63, 3.8) is 0 Å². The Morgan fingerprint density at radius 2 is 2.00 bits per heavy atom. The van der Waals surface area contributed by atoms with Crippen LogP contribution >= 0.6 is 0 Å². The van der Waals surface area contributed by atoms with Crippen LogP contribution in [-0.4, -0.2) is 26.5 Å². The molecular formula is C19H22N4O2S. The lowest BCUT2D eigenvalue weighted by Gasteiger charge is -2.12. The highest BCUT2D eigenvalue weighted by atomic mass is 32.2. The summed E-state index contributed by atoms with van der Waals surface area (Å²) >= 11 is 0. The Bertz CT molecular complexity index is 1030. The predicted molar refractivity (Wildman–Crippen MR) is 104 cm³/mol. The van der Waals surface area contributed by atoms with E-state index >= 15 is 0 Å². The Morgan fingerprint density at radius 1 is 1.19 bits per heavy atom. The minimum Gasteiger partial charge on any atom is -0.489 e. The molecule has 0 aliphatic heterocycles. The average molecular weight is 370 g/mol. The maximum absolute atomic E-state index is 11.9. The first-order valence-corrected chi connectivity index (χ1v) is 10.3. The summed E-state index contributed by atoms with van der Waals surface area (Å²) in [6, 6.07) is 13.1. The maximum Gasteiger partial charge on any atom is 0.137 e. The van der Waals surface area contributed by atoms with Gasteiger partial charge in [-0.05, 0) is 43.7 Å². The van der Waals surface area contributed by atoms with E-state index in [1.165, 1.54) is 12.6 Å². The largest absolute Gasteiger partial charge is 0.489 e. The molecule has 0 aliphatic carbocycles. The molecular weight excluding hydrogens is 348 g/mol. The second-order valence-corrected chi connectivity index (χ2v) is 8.64. The Kier molecular flexibility index (Phi) is 5.08. The standard InChI is InChI=1S/C19H22N4O2S/c1-13(2)23-19-17-8-7-15(10-18(17)21-12-22-19)25-11-14-5-4-6-16(9-14)26(3,20)24/h4-10,12-13,20H,11H2,1-3H3,(H,21,22,23). The fourth-order valence-electron chi connectivity index (χ4n) is 2.56. The molecule has 1 aromatic heterocycles. The molecule has 0 fully saturated rings. The predicted octanol–water partition coefficient (Wildman–Crippen LogP) is 4.06. The average Bonchev–Trinajstić information content (AvgIpc) is 2.59. The molecule has 0 bridgehead atoms. The van der Waals surface area contributed by atoms with E-state index in [1.807, 2.05) is 24.3 Å². The van der Waals surface area contributed by atoms with Gasteiger partial charge in [-0.15, -0.1) is 0 Å². The second-order valence-electron chi connectivity index (χ2n) is 6.48. The zero-order chi connectivity index (χ0) is 18.7. The molecule has 0 amide bonds. The van der Waals surface area contributed by atoms with Crippen LogP contribution in [0.1, 0.15) is 19.4 Å². The molecule has 136 valence electrons. The highest BCUT2D eigenvalue weighted by Gasteiger charge is 2.08. The van der Waals surface area contributed by atoms with Gasteiger partial charge in [0.05, 0.1) is 15.2 Å². The Hall–Kier alpha value is -2.67. The lowest BCUT2D eigenvalue weighted by atomic mass is 10.2. The van der Waals surface area contributed by atoms with E-state index < -0.39 is 9.73 Å². The van der Waals surface area contributed by atoms with Gasteiger partial charge in [0.25, 0.3) is 0 Å². The third-order valence-electron chi connectivity index (χ3n) is 3.79. The molecule has 0 radical (unpaired) electrons. The van der Waals surface area contributed by atoms with Gasteiger partial charge < -0.3 is 10.1 Å². The molecule has 2 aromatic carbocycles. The number of fused-ring (bicyclic) bond motifs is 1. The Morgan fingerprint density at radius 3 is 2.73 bits per heavy atom. The molecule has 1 unspecified atom stereocenters. The van der Waals surface area contributed by atoms with E-state index in [9.17, 15) is 4.21 Å². The van der Waals surface area contributed by atoms with Crippen LogP contribution in [0, 0.1) is 4.78 Å². The van der Waals surface area contributed by atoms with Crippen LogP contribution in [0.5, 0.6) is 5.75 Å². The first-order valence-electron chi connectivity index (χ1n) is 8.30. The van der Waals surface area contributed by atoms with Crippen molar-refractivity contribution in [1.29, 1.82) is 4.78 Å². The van der Waals surface area contributed by atoms with Gasteiger partial charge in [-0.2, -0.15) is 0 Å². The molecule has 0 spiro atoms. The molecule has 3 aromatic rings. The molecule has 1 atom stereocenters. The van der Waals surface area contributed by atoms with Crippen molar-refractivity contribution in [2.24, 2.45) is 0 Å². The number of rotatable bonds is 6. The molecule has 0 saturated heterocycles. The molecule has 3 rings (SSSR count). The lowest BCUT2D eigenvalue weighted by Crippen LogP contribution is -2.11. The molecule has 6 nitrogen and oxygen atoms in total. The third kappa shape index (κ3) is 4.29. The van der Waals surface area contributed by atoms with Crippen LogP contribution in [0.25, 0.3) is 10.9 Å². The van der Waals surface area contributed by atoms with Crippen LogP contribution in [-0.2, 0) is 16.3 Å². The van der Waals surface area contributed by atoms with Crippen molar-refractivity contribution in [2.75, 3.05) is 11.6 Å². The van der Waals surface area contributed by atoms with Gasteiger partial charge in [0, 0.05) is 28.6 Å². The van der Waals surface area contributed by atoms with E-state index in [4.69, 9.17) is 9.52 Å². The lowest BCUT2D eigenvalue weighted by molar-refractivity contribution is 0.306. The first kappa shape index (κ1) is 18.1. The van der Waals surface area contributed by atoms with Crippen LogP contribution in [0.3, 0.4) is 0 Å². The summed E-state index contributed by atoms with van der Waals surface area (Å²) in [4.78, 5) is 9.12. The van der Waals surface area contributed by atoms with Gasteiger partial charge in [-0.25, -0.2) is 19.0 Å². The van der Waals surface area contributed by atoms with E-state index in [2.05, 4.69) is 29.1 Å². The molecule has 2 N–H and O–H groups in total. The van der Waals surface area contributed by atoms with Crippen molar-refractivity contribution in [2.45, 2.75) is 31.4 Å². The van der Waals surface area contributed by atoms with Crippen molar-refractivity contribution in [1.82, 2.24) is 9.97 Å². The van der Waals surface area contributed by atoms with E-state index in [0.29, 0.717) is 17.3 Å². The van der Waals surface area contributed by atoms with Crippen LogP contribution in [0.4, 0.5) is 5.82 Å². The first-order chi connectivity index (χ1) is 12.3. The van der Waals surface area contributed by atoms with Crippen LogP contribution < -0.4 is 10.1 Å². The van der Waals surface area contributed by atoms with E-state index in [-0.39, 0.29) is 6.04 Å². The van der Waals surface area contributed by atoms with Gasteiger partial charge in [0.15, 0.2) is 0 Å². The summed E-state index contributed by atoms with van der Waals surface area (Å²) in [6.07, 6.45) is 2.95. The maximum atomic E-state index is 11.9. The number of anilines is 1. The summed E-state index contributed by atoms with van der Waals surface area (Å²) in [7, 11) is -2.73. The van der Waals surface area contributed by atoms with Crippen molar-refractivity contribution < 1.29 is 8.95 Å². The zero-order valence-electron chi connectivity index (χ0n) is 15.0. The molecule has 7 heteroatoms. The Labute approximate surface area is 153 Å². The monoisotopic (exact) mass is 370 g/mol. The summed E-state index contributed by atoms with van der Waals surface area (Å²) in [5.74, 6) is 1.50. The number of hydrogen-bond donors (Lipinski definition) is 2. The van der Waals surface area contributed by atoms with Crippen molar-refractivity contribution in [3.8, 4) is 5.75 Å². The minimum absolute atomic E-state index is 0.280. The topological polar surface area (TPSA) is 88.0 Å². The number of aromatic nitrogens is 2. The summed E-state index contributed by atoms with van der Waals surface area (Å²) < 4.78 is 25.4. The van der Waals surface area contributed by atoms with Gasteiger partial charge in [-0.3, -0.25) is 0 Å². The van der Waals surface area contributed by atoms with Gasteiger partial charge >= 0.3 is 0 Å². The highest BCUT2D eigenvalue weighted by molar-refractivity contribution is 7.91. The molecule has 1 heterocycles. The smallest absolute Gasteiger partial charge is 0.137 e. The second kappa shape index (κ2) is 7.29. The molecule has 0 aliphatic rings. The van der Waals surface area contributed by atoms with E-state index in [0.717, 1.165) is 22.3 Å². The van der Waals surface area contributed by atoms with Gasteiger partial charge in [0.1, 0.15) is 24.5 Å². The molecule has 26 heavy (non-hydrogen) atoms. The molecule has 0 saturated carbocycles. The zero-order valence-corrected chi connectivity index (χ0v) is 15.8. The third-order valence-corrected chi connectivity index (χ3v) is 4.94. The number of nitrogens with one attached hydrogen (secondary N) is 2. The van der Waals surface area contributed by atoms with Crippen LogP contribution in [0.2, 0.25) is 0 Å². The summed E-state index contributed by atoms with van der Waals surface area (Å²) in [6.45, 7) is 4.45. The quantitative estimate of drug-likeness (QED) is 0.683. The van der Waals surface area contributed by atoms with E-state index in [1.54, 1.807) is 18.2 Å². The minimum atomic E-state index is -2.73. The fraction of sp³-hybridized carbons (Fsp3) is 0.263.